The van der Waals surface area contributed by atoms with E-state index in [4.69, 9.17) is 14.5 Å². The van der Waals surface area contributed by atoms with Crippen LogP contribution in [0.4, 0.5) is 5.69 Å². The number of hydrogen-bond acceptors (Lipinski definition) is 6. The molecule has 0 aliphatic carbocycles. The molecule has 0 bridgehead atoms. The maximum atomic E-state index is 5.55. The summed E-state index contributed by atoms with van der Waals surface area (Å²) in [6, 6.07) is 14.7. The molecule has 0 N–H and O–H groups in total. The van der Waals surface area contributed by atoms with Gasteiger partial charge in [-0.05, 0) is 54.4 Å². The molecule has 0 radical (unpaired) electrons. The number of rotatable bonds is 4. The van der Waals surface area contributed by atoms with Gasteiger partial charge in [0.1, 0.15) is 0 Å². The zero-order chi connectivity index (χ0) is 20.0. The Morgan fingerprint density at radius 3 is 2.80 bits per heavy atom. The Morgan fingerprint density at radius 2 is 1.87 bits per heavy atom. The number of pyridine rings is 2. The summed E-state index contributed by atoms with van der Waals surface area (Å²) in [5.74, 6) is 1.70. The van der Waals surface area contributed by atoms with Crippen molar-refractivity contribution in [2.24, 2.45) is 0 Å². The van der Waals surface area contributed by atoms with E-state index in [9.17, 15) is 0 Å². The second-order valence-corrected chi connectivity index (χ2v) is 8.52. The number of fused-ring (bicyclic) bond motifs is 3. The quantitative estimate of drug-likeness (QED) is 0.669. The van der Waals surface area contributed by atoms with Crippen molar-refractivity contribution >= 4 is 5.69 Å². The molecule has 1 fully saturated rings. The van der Waals surface area contributed by atoms with Gasteiger partial charge in [-0.25, -0.2) is 0 Å². The minimum atomic E-state index is 0.0924. The van der Waals surface area contributed by atoms with Crippen molar-refractivity contribution in [2.45, 2.75) is 24.9 Å². The van der Waals surface area contributed by atoms with Gasteiger partial charge in [0, 0.05) is 50.2 Å². The van der Waals surface area contributed by atoms with Gasteiger partial charge in [0.15, 0.2) is 11.5 Å². The normalized spacial score (nSPS) is 22.1. The molecule has 5 heterocycles. The third-order valence-corrected chi connectivity index (χ3v) is 6.50. The van der Waals surface area contributed by atoms with Crippen LogP contribution in [0.25, 0.3) is 0 Å². The molecule has 6 heteroatoms. The number of hydrogen-bond donors (Lipinski definition) is 0. The van der Waals surface area contributed by atoms with Crippen molar-refractivity contribution in [3.63, 3.8) is 0 Å². The van der Waals surface area contributed by atoms with Crippen LogP contribution in [0.3, 0.4) is 0 Å². The first-order chi connectivity index (χ1) is 14.8. The highest BCUT2D eigenvalue weighted by Crippen LogP contribution is 2.46. The van der Waals surface area contributed by atoms with E-state index in [1.54, 1.807) is 0 Å². The van der Waals surface area contributed by atoms with Gasteiger partial charge < -0.3 is 14.4 Å². The molecule has 0 saturated carbocycles. The lowest BCUT2D eigenvalue weighted by atomic mass is 9.85. The first-order valence-corrected chi connectivity index (χ1v) is 10.5. The number of nitrogens with zero attached hydrogens (tertiary/aromatic N) is 4. The smallest absolute Gasteiger partial charge is 0.231 e. The molecule has 30 heavy (non-hydrogen) atoms. The van der Waals surface area contributed by atoms with E-state index in [1.165, 1.54) is 22.5 Å². The van der Waals surface area contributed by atoms with Crippen LogP contribution >= 0.6 is 0 Å². The zero-order valence-electron chi connectivity index (χ0n) is 16.8. The number of aromatic nitrogens is 2. The van der Waals surface area contributed by atoms with E-state index in [0.717, 1.165) is 50.6 Å². The summed E-state index contributed by atoms with van der Waals surface area (Å²) in [5, 5.41) is 0. The van der Waals surface area contributed by atoms with E-state index in [1.807, 2.05) is 36.8 Å². The Labute approximate surface area is 176 Å². The summed E-state index contributed by atoms with van der Waals surface area (Å²) in [6.07, 6.45) is 6.86. The van der Waals surface area contributed by atoms with Gasteiger partial charge >= 0.3 is 0 Å². The highest BCUT2D eigenvalue weighted by atomic mass is 16.7. The van der Waals surface area contributed by atoms with Gasteiger partial charge in [-0.1, -0.05) is 12.1 Å². The molecule has 0 unspecified atom stereocenters. The average molecular weight is 400 g/mol. The molecule has 3 aromatic rings. The topological polar surface area (TPSA) is 50.7 Å². The molecule has 3 aliphatic heterocycles. The van der Waals surface area contributed by atoms with Crippen LogP contribution in [-0.4, -0.2) is 41.3 Å². The second-order valence-electron chi connectivity index (χ2n) is 8.52. The number of likely N-dealkylation sites (tertiary alicyclic amines) is 1. The molecule has 2 aromatic heterocycles. The summed E-state index contributed by atoms with van der Waals surface area (Å²) in [4.78, 5) is 14.2. The molecule has 152 valence electrons. The predicted octanol–water partition coefficient (Wildman–Crippen LogP) is 3.37. The van der Waals surface area contributed by atoms with Gasteiger partial charge in [-0.15, -0.1) is 0 Å². The van der Waals surface area contributed by atoms with Crippen LogP contribution in [0, 0.1) is 0 Å². The Kier molecular flexibility index (Phi) is 4.13. The largest absolute Gasteiger partial charge is 0.454 e. The molecular weight excluding hydrogens is 376 g/mol. The van der Waals surface area contributed by atoms with Gasteiger partial charge in [-0.2, -0.15) is 0 Å². The van der Waals surface area contributed by atoms with Crippen LogP contribution in [-0.2, 0) is 18.5 Å². The van der Waals surface area contributed by atoms with Crippen molar-refractivity contribution in [3.05, 3.63) is 77.9 Å². The molecule has 1 saturated heterocycles. The molecule has 6 nitrogen and oxygen atoms in total. The third-order valence-electron chi connectivity index (χ3n) is 6.50. The van der Waals surface area contributed by atoms with E-state index in [-0.39, 0.29) is 5.41 Å². The highest BCUT2D eigenvalue weighted by molar-refractivity contribution is 5.60. The highest BCUT2D eigenvalue weighted by Gasteiger charge is 2.48. The maximum absolute atomic E-state index is 5.55. The summed E-state index contributed by atoms with van der Waals surface area (Å²) in [6.45, 7) is 5.21. The second kappa shape index (κ2) is 6.99. The molecule has 1 atom stereocenters. The van der Waals surface area contributed by atoms with E-state index >= 15 is 0 Å². The minimum Gasteiger partial charge on any atom is -0.454 e. The predicted molar refractivity (Wildman–Crippen MR) is 114 cm³/mol. The lowest BCUT2D eigenvalue weighted by Gasteiger charge is -2.26. The first-order valence-electron chi connectivity index (χ1n) is 10.5. The van der Waals surface area contributed by atoms with Gasteiger partial charge in [0.05, 0.1) is 11.4 Å². The first kappa shape index (κ1) is 17.7. The Morgan fingerprint density at radius 1 is 0.933 bits per heavy atom. The van der Waals surface area contributed by atoms with Crippen molar-refractivity contribution in [2.75, 3.05) is 31.3 Å². The van der Waals surface area contributed by atoms with Crippen molar-refractivity contribution < 1.29 is 9.47 Å². The Balaban J connectivity index is 1.23. The third kappa shape index (κ3) is 2.99. The van der Waals surface area contributed by atoms with E-state index < -0.39 is 0 Å². The zero-order valence-corrected chi connectivity index (χ0v) is 16.8. The Hall–Kier alpha value is -3.12. The van der Waals surface area contributed by atoms with E-state index in [0.29, 0.717) is 6.79 Å². The summed E-state index contributed by atoms with van der Waals surface area (Å²) >= 11 is 0. The van der Waals surface area contributed by atoms with Crippen molar-refractivity contribution in [1.29, 1.82) is 0 Å². The number of anilines is 1. The lowest BCUT2D eigenvalue weighted by Crippen LogP contribution is -2.36. The molecule has 0 amide bonds. The summed E-state index contributed by atoms with van der Waals surface area (Å²) in [7, 11) is 0. The average Bonchev–Trinajstić information content (AvgIpc) is 3.48. The van der Waals surface area contributed by atoms with Gasteiger partial charge in [0.2, 0.25) is 6.79 Å². The van der Waals surface area contributed by atoms with Crippen LogP contribution in [0.1, 0.15) is 23.2 Å². The molecular formula is C24H24N4O2. The van der Waals surface area contributed by atoms with Crippen LogP contribution < -0.4 is 14.4 Å². The molecule has 6 rings (SSSR count). The fourth-order valence-corrected chi connectivity index (χ4v) is 5.15. The Bertz CT molecular complexity index is 1070. The number of ether oxygens (including phenoxy) is 2. The van der Waals surface area contributed by atoms with E-state index in [2.05, 4.69) is 39.0 Å². The van der Waals surface area contributed by atoms with Crippen molar-refractivity contribution in [1.82, 2.24) is 14.9 Å². The van der Waals surface area contributed by atoms with Crippen LogP contribution in [0.15, 0.2) is 61.1 Å². The lowest BCUT2D eigenvalue weighted by molar-refractivity contribution is 0.174. The molecule has 3 aliphatic rings. The maximum Gasteiger partial charge on any atom is 0.231 e. The SMILES string of the molecule is c1cncc(CN2C[C@@]3(CCN(Cc4ccc5c(c4)OCO5)C3)c3ncccc32)c1. The van der Waals surface area contributed by atoms with Gasteiger partial charge in [0.25, 0.3) is 0 Å². The summed E-state index contributed by atoms with van der Waals surface area (Å²) < 4.78 is 11.0. The fraction of sp³-hybridized carbons (Fsp3) is 0.333. The minimum absolute atomic E-state index is 0.0924. The van der Waals surface area contributed by atoms with Crippen LogP contribution in [0.2, 0.25) is 0 Å². The van der Waals surface area contributed by atoms with Crippen molar-refractivity contribution in [3.8, 4) is 11.5 Å². The standard InChI is InChI=1S/C24H24N4O2/c1-3-19(12-25-8-1)14-28-16-24(23-20(28)4-2-9-26-23)7-10-27(15-24)13-18-5-6-21-22(11-18)30-17-29-21/h1-6,8-9,11-12H,7,10,13-17H2/t24-/m0/s1. The summed E-state index contributed by atoms with van der Waals surface area (Å²) in [5.41, 5.74) is 5.12. The molecule has 1 aromatic carbocycles. The van der Waals surface area contributed by atoms with Gasteiger partial charge in [-0.3, -0.25) is 14.9 Å². The monoisotopic (exact) mass is 400 g/mol. The molecule has 1 spiro atoms. The fourth-order valence-electron chi connectivity index (χ4n) is 5.15. The number of benzene rings is 1. The van der Waals surface area contributed by atoms with Crippen LogP contribution in [0.5, 0.6) is 11.5 Å².